The topological polar surface area (TPSA) is 57.7 Å². The smallest absolute Gasteiger partial charge is 0.264 e. The van der Waals surface area contributed by atoms with Crippen LogP contribution in [0.5, 0.6) is 0 Å². The third kappa shape index (κ3) is 4.44. The lowest BCUT2D eigenvalue weighted by Crippen LogP contribution is -2.44. The lowest BCUT2D eigenvalue weighted by molar-refractivity contribution is -0.130. The minimum Gasteiger partial charge on any atom is -0.336 e. The predicted molar refractivity (Wildman–Crippen MR) is 113 cm³/mol. The number of rotatable bonds is 5. The van der Waals surface area contributed by atoms with Gasteiger partial charge in [0.1, 0.15) is 18.2 Å². The van der Waals surface area contributed by atoms with Gasteiger partial charge in [-0.1, -0.05) is 24.3 Å². The first kappa shape index (κ1) is 21.0. The molecule has 0 aliphatic carbocycles. The molecule has 0 saturated carbocycles. The fraction of sp³-hybridized carbons (Fsp3) is 0.174. The molecule has 4 rings (SSSR count). The van der Waals surface area contributed by atoms with Crippen molar-refractivity contribution in [2.45, 2.75) is 17.9 Å². The number of hydrogen-bond acceptors (Lipinski definition) is 3. The van der Waals surface area contributed by atoms with Gasteiger partial charge in [-0.2, -0.15) is 0 Å². The van der Waals surface area contributed by atoms with Crippen molar-refractivity contribution < 1.29 is 22.0 Å². The Balaban J connectivity index is 1.64. The molecule has 3 aromatic rings. The number of sulfonamides is 1. The molecule has 1 aliphatic heterocycles. The van der Waals surface area contributed by atoms with Gasteiger partial charge < -0.3 is 4.90 Å². The molecule has 1 aliphatic rings. The zero-order valence-electron chi connectivity index (χ0n) is 16.5. The molecule has 0 saturated heterocycles. The summed E-state index contributed by atoms with van der Waals surface area (Å²) in [4.78, 5) is 14.5. The Hall–Kier alpha value is -3.26. The number of hydrogen-bond donors (Lipinski definition) is 0. The first-order valence-corrected chi connectivity index (χ1v) is 11.2. The molecule has 0 fully saturated rings. The van der Waals surface area contributed by atoms with Crippen molar-refractivity contribution >= 4 is 21.6 Å². The van der Waals surface area contributed by atoms with E-state index in [1.165, 1.54) is 17.7 Å². The molecule has 0 bridgehead atoms. The van der Waals surface area contributed by atoms with E-state index >= 15 is 0 Å². The predicted octanol–water partition coefficient (Wildman–Crippen LogP) is 3.75. The van der Waals surface area contributed by atoms with Crippen LogP contribution in [0.25, 0.3) is 0 Å². The summed E-state index contributed by atoms with van der Waals surface area (Å²) in [6, 6.07) is 17.0. The summed E-state index contributed by atoms with van der Waals surface area (Å²) >= 11 is 0. The van der Waals surface area contributed by atoms with Gasteiger partial charge in [-0.3, -0.25) is 9.10 Å². The summed E-state index contributed by atoms with van der Waals surface area (Å²) < 4.78 is 54.2. The fourth-order valence-corrected chi connectivity index (χ4v) is 5.00. The second-order valence-corrected chi connectivity index (χ2v) is 9.14. The Labute approximate surface area is 179 Å². The second kappa shape index (κ2) is 8.47. The Morgan fingerprint density at radius 1 is 0.871 bits per heavy atom. The van der Waals surface area contributed by atoms with Crippen molar-refractivity contribution in [3.8, 4) is 0 Å². The van der Waals surface area contributed by atoms with Crippen molar-refractivity contribution in [3.63, 3.8) is 0 Å². The van der Waals surface area contributed by atoms with Crippen molar-refractivity contribution in [2.75, 3.05) is 17.4 Å². The van der Waals surface area contributed by atoms with Crippen LogP contribution in [-0.4, -0.2) is 32.3 Å². The SMILES string of the molecule is O=C(CN(c1ccc(F)cc1)S(=O)(=O)c1ccc(F)cc1)N1CCc2ccccc2C1. The van der Waals surface area contributed by atoms with Crippen LogP contribution in [0.1, 0.15) is 11.1 Å². The molecule has 8 heteroatoms. The van der Waals surface area contributed by atoms with E-state index in [0.29, 0.717) is 19.5 Å². The zero-order chi connectivity index (χ0) is 22.0. The molecule has 31 heavy (non-hydrogen) atoms. The lowest BCUT2D eigenvalue weighted by atomic mass is 10.00. The van der Waals surface area contributed by atoms with Crippen LogP contribution in [0, 0.1) is 11.6 Å². The van der Waals surface area contributed by atoms with Crippen LogP contribution < -0.4 is 4.31 Å². The van der Waals surface area contributed by atoms with E-state index in [-0.39, 0.29) is 16.5 Å². The highest BCUT2D eigenvalue weighted by atomic mass is 32.2. The number of nitrogens with zero attached hydrogens (tertiary/aromatic N) is 2. The van der Waals surface area contributed by atoms with Gasteiger partial charge in [0.05, 0.1) is 10.6 Å². The van der Waals surface area contributed by atoms with Gasteiger partial charge >= 0.3 is 0 Å². The number of halogens is 2. The largest absolute Gasteiger partial charge is 0.336 e. The lowest BCUT2D eigenvalue weighted by Gasteiger charge is -2.31. The van der Waals surface area contributed by atoms with Crippen LogP contribution in [0.2, 0.25) is 0 Å². The van der Waals surface area contributed by atoms with Crippen molar-refractivity contribution in [1.29, 1.82) is 0 Å². The average Bonchev–Trinajstić information content (AvgIpc) is 2.78. The van der Waals surface area contributed by atoms with Crippen LogP contribution >= 0.6 is 0 Å². The van der Waals surface area contributed by atoms with Gasteiger partial charge in [-0.15, -0.1) is 0 Å². The highest BCUT2D eigenvalue weighted by molar-refractivity contribution is 7.92. The number of amides is 1. The van der Waals surface area contributed by atoms with Gasteiger partial charge in [0.2, 0.25) is 5.91 Å². The molecule has 160 valence electrons. The Bertz CT molecular complexity index is 1200. The number of carbonyl (C=O) groups is 1. The Kier molecular flexibility index (Phi) is 5.73. The molecule has 0 aromatic heterocycles. The first-order valence-electron chi connectivity index (χ1n) is 9.73. The number of benzene rings is 3. The van der Waals surface area contributed by atoms with E-state index in [1.807, 2.05) is 24.3 Å². The molecule has 3 aromatic carbocycles. The molecule has 0 atom stereocenters. The molecule has 5 nitrogen and oxygen atoms in total. The summed E-state index contributed by atoms with van der Waals surface area (Å²) in [5.41, 5.74) is 2.34. The van der Waals surface area contributed by atoms with Gasteiger partial charge in [-0.05, 0) is 66.1 Å². The van der Waals surface area contributed by atoms with Crippen LogP contribution in [0.4, 0.5) is 14.5 Å². The maximum atomic E-state index is 13.4. The van der Waals surface area contributed by atoms with E-state index < -0.39 is 28.2 Å². The number of fused-ring (bicyclic) bond motifs is 1. The third-order valence-corrected chi connectivity index (χ3v) is 7.07. The minimum atomic E-state index is -4.18. The first-order chi connectivity index (χ1) is 14.8. The molecule has 1 heterocycles. The Morgan fingerprint density at radius 3 is 2.10 bits per heavy atom. The van der Waals surface area contributed by atoms with Crippen LogP contribution in [-0.2, 0) is 27.8 Å². The van der Waals surface area contributed by atoms with Gasteiger partial charge in [0, 0.05) is 13.1 Å². The third-order valence-electron chi connectivity index (χ3n) is 5.28. The van der Waals surface area contributed by atoms with Crippen LogP contribution in [0.3, 0.4) is 0 Å². The summed E-state index contributed by atoms with van der Waals surface area (Å²) in [5, 5.41) is 0. The second-order valence-electron chi connectivity index (χ2n) is 7.28. The van der Waals surface area contributed by atoms with E-state index in [1.54, 1.807) is 4.90 Å². The highest BCUT2D eigenvalue weighted by Crippen LogP contribution is 2.25. The molecule has 0 unspecified atom stereocenters. The zero-order valence-corrected chi connectivity index (χ0v) is 17.4. The normalized spacial score (nSPS) is 13.5. The monoisotopic (exact) mass is 442 g/mol. The van der Waals surface area contributed by atoms with Gasteiger partial charge in [0.15, 0.2) is 0 Å². The van der Waals surface area contributed by atoms with E-state index in [0.717, 1.165) is 46.3 Å². The number of anilines is 1. The van der Waals surface area contributed by atoms with Gasteiger partial charge in [-0.25, -0.2) is 17.2 Å². The molecular weight excluding hydrogens is 422 g/mol. The van der Waals surface area contributed by atoms with E-state index in [2.05, 4.69) is 0 Å². The van der Waals surface area contributed by atoms with Crippen molar-refractivity contribution in [2.24, 2.45) is 0 Å². The standard InChI is InChI=1S/C23H20F2N2O3S/c24-19-5-9-21(10-6-19)27(31(29,30)22-11-7-20(25)8-12-22)16-23(28)26-14-13-17-3-1-2-4-18(17)15-26/h1-12H,13-16H2. The van der Waals surface area contributed by atoms with Crippen molar-refractivity contribution in [1.82, 2.24) is 4.90 Å². The summed E-state index contributed by atoms with van der Waals surface area (Å²) in [6.07, 6.45) is 0.684. The molecule has 0 spiro atoms. The maximum Gasteiger partial charge on any atom is 0.264 e. The highest BCUT2D eigenvalue weighted by Gasteiger charge is 2.30. The fourth-order valence-electron chi connectivity index (χ4n) is 3.59. The van der Waals surface area contributed by atoms with E-state index in [4.69, 9.17) is 0 Å². The number of carbonyl (C=O) groups excluding carboxylic acids is 1. The van der Waals surface area contributed by atoms with Gasteiger partial charge in [0.25, 0.3) is 10.0 Å². The molecule has 0 N–H and O–H groups in total. The molecular formula is C23H20F2N2O3S. The summed E-state index contributed by atoms with van der Waals surface area (Å²) in [7, 11) is -4.18. The van der Waals surface area contributed by atoms with E-state index in [9.17, 15) is 22.0 Å². The Morgan fingerprint density at radius 2 is 1.45 bits per heavy atom. The molecule has 1 amide bonds. The summed E-state index contributed by atoms with van der Waals surface area (Å²) in [6.45, 7) is 0.417. The molecule has 0 radical (unpaired) electrons. The minimum absolute atomic E-state index is 0.150. The van der Waals surface area contributed by atoms with Crippen LogP contribution in [0.15, 0.2) is 77.7 Å². The maximum absolute atomic E-state index is 13.4. The quantitative estimate of drug-likeness (QED) is 0.605. The van der Waals surface area contributed by atoms with Crippen molar-refractivity contribution in [3.05, 3.63) is 95.6 Å². The average molecular weight is 442 g/mol. The summed E-state index contributed by atoms with van der Waals surface area (Å²) in [5.74, 6) is -1.47.